The van der Waals surface area contributed by atoms with Crippen LogP contribution >= 0.6 is 0 Å². The molecule has 0 aliphatic carbocycles. The Balaban J connectivity index is 3.74. The Labute approximate surface area is 109 Å². The van der Waals surface area contributed by atoms with Crippen LogP contribution in [0.1, 0.15) is 33.6 Å². The van der Waals surface area contributed by atoms with E-state index >= 15 is 0 Å². The van der Waals surface area contributed by atoms with Crippen molar-refractivity contribution in [3.05, 3.63) is 0 Å². The highest BCUT2D eigenvalue weighted by molar-refractivity contribution is 5.82. The second-order valence-corrected chi connectivity index (χ2v) is 4.63. The third-order valence-electron chi connectivity index (χ3n) is 2.87. The number of nitrogens with one attached hydrogen (secondary N) is 2. The van der Waals surface area contributed by atoms with Crippen LogP contribution in [0.15, 0.2) is 0 Å². The molecule has 0 aromatic carbocycles. The number of amides is 2. The highest BCUT2D eigenvalue weighted by atomic mass is 16.4. The summed E-state index contributed by atoms with van der Waals surface area (Å²) in [5.41, 5.74) is 0. The number of rotatable bonds is 8. The Morgan fingerprint density at radius 2 is 1.94 bits per heavy atom. The maximum atomic E-state index is 11.4. The smallest absolute Gasteiger partial charge is 0.326 e. The molecule has 0 rings (SSSR count). The molecular formula is C12H25N3O3. The standard InChI is InChI=1S/C12H25N3O3/c1-5-10(11(16)17)14-12(18)13-7-6-8-15(4)9(2)3/h9-10H,5-8H2,1-4H3,(H,16,17)(H2,13,14,18)/t10-/m1/s1. The van der Waals surface area contributed by atoms with Gasteiger partial charge in [0.25, 0.3) is 0 Å². The molecule has 0 spiro atoms. The molecule has 0 heterocycles. The zero-order valence-corrected chi connectivity index (χ0v) is 11.7. The minimum atomic E-state index is -1.01. The van der Waals surface area contributed by atoms with Crippen molar-refractivity contribution in [1.29, 1.82) is 0 Å². The fourth-order valence-corrected chi connectivity index (χ4v) is 1.34. The largest absolute Gasteiger partial charge is 0.480 e. The molecule has 18 heavy (non-hydrogen) atoms. The molecule has 0 fully saturated rings. The number of carbonyl (C=O) groups excluding carboxylic acids is 1. The lowest BCUT2D eigenvalue weighted by atomic mass is 10.2. The van der Waals surface area contributed by atoms with Gasteiger partial charge in [-0.3, -0.25) is 0 Å². The Morgan fingerprint density at radius 3 is 2.39 bits per heavy atom. The summed E-state index contributed by atoms with van der Waals surface area (Å²) in [7, 11) is 2.03. The third-order valence-corrected chi connectivity index (χ3v) is 2.87. The van der Waals surface area contributed by atoms with Crippen molar-refractivity contribution >= 4 is 12.0 Å². The topological polar surface area (TPSA) is 81.7 Å². The van der Waals surface area contributed by atoms with E-state index in [2.05, 4.69) is 29.4 Å². The minimum Gasteiger partial charge on any atom is -0.480 e. The first-order valence-electron chi connectivity index (χ1n) is 6.35. The van der Waals surface area contributed by atoms with Crippen molar-refractivity contribution in [2.45, 2.75) is 45.7 Å². The van der Waals surface area contributed by atoms with Gasteiger partial charge in [0.05, 0.1) is 0 Å². The van der Waals surface area contributed by atoms with E-state index in [0.29, 0.717) is 19.0 Å². The number of hydrogen-bond donors (Lipinski definition) is 3. The predicted molar refractivity (Wildman–Crippen MR) is 70.6 cm³/mol. The fourth-order valence-electron chi connectivity index (χ4n) is 1.34. The summed E-state index contributed by atoms with van der Waals surface area (Å²) in [6.45, 7) is 7.38. The molecule has 0 aromatic rings. The van der Waals surface area contributed by atoms with Gasteiger partial charge in [-0.1, -0.05) is 6.92 Å². The third kappa shape index (κ3) is 7.11. The van der Waals surface area contributed by atoms with E-state index in [1.807, 2.05) is 7.05 Å². The van der Waals surface area contributed by atoms with E-state index in [4.69, 9.17) is 5.11 Å². The molecule has 1 atom stereocenters. The summed E-state index contributed by atoms with van der Waals surface area (Å²) in [5, 5.41) is 13.8. The average Bonchev–Trinajstić information content (AvgIpc) is 2.30. The first-order valence-corrected chi connectivity index (χ1v) is 6.35. The molecular weight excluding hydrogens is 234 g/mol. The SMILES string of the molecule is CC[C@@H](NC(=O)NCCCN(C)C(C)C)C(=O)O. The van der Waals surface area contributed by atoms with Gasteiger partial charge in [0.1, 0.15) is 6.04 Å². The molecule has 0 saturated carbocycles. The van der Waals surface area contributed by atoms with Crippen molar-refractivity contribution in [1.82, 2.24) is 15.5 Å². The Bertz CT molecular complexity index is 269. The van der Waals surface area contributed by atoms with Crippen LogP contribution in [0.25, 0.3) is 0 Å². The second-order valence-electron chi connectivity index (χ2n) is 4.63. The monoisotopic (exact) mass is 259 g/mol. The molecule has 6 heteroatoms. The molecule has 0 aliphatic heterocycles. The van der Waals surface area contributed by atoms with Gasteiger partial charge in [0.15, 0.2) is 0 Å². The van der Waals surface area contributed by atoms with E-state index < -0.39 is 18.0 Å². The van der Waals surface area contributed by atoms with Crippen LogP contribution in [-0.4, -0.2) is 54.2 Å². The zero-order chi connectivity index (χ0) is 14.1. The molecule has 2 amide bonds. The van der Waals surface area contributed by atoms with Crippen LogP contribution < -0.4 is 10.6 Å². The molecule has 3 N–H and O–H groups in total. The van der Waals surface area contributed by atoms with Crippen LogP contribution in [-0.2, 0) is 4.79 Å². The zero-order valence-electron chi connectivity index (χ0n) is 11.7. The maximum absolute atomic E-state index is 11.4. The summed E-state index contributed by atoms with van der Waals surface area (Å²) >= 11 is 0. The summed E-state index contributed by atoms with van der Waals surface area (Å²) < 4.78 is 0. The Kier molecular flexibility index (Phi) is 8.11. The van der Waals surface area contributed by atoms with E-state index in [9.17, 15) is 9.59 Å². The van der Waals surface area contributed by atoms with Gasteiger partial charge in [-0.2, -0.15) is 0 Å². The molecule has 106 valence electrons. The van der Waals surface area contributed by atoms with Crippen LogP contribution in [0.5, 0.6) is 0 Å². The minimum absolute atomic E-state index is 0.374. The molecule has 0 bridgehead atoms. The van der Waals surface area contributed by atoms with Crippen molar-refractivity contribution in [2.24, 2.45) is 0 Å². The van der Waals surface area contributed by atoms with Gasteiger partial charge in [-0.15, -0.1) is 0 Å². The molecule has 0 aromatic heterocycles. The highest BCUT2D eigenvalue weighted by Crippen LogP contribution is 1.94. The number of aliphatic carboxylic acids is 1. The Hall–Kier alpha value is -1.30. The van der Waals surface area contributed by atoms with Gasteiger partial charge in [0, 0.05) is 12.6 Å². The summed E-state index contributed by atoms with van der Waals surface area (Å²) in [6, 6.07) is -0.755. The lowest BCUT2D eigenvalue weighted by Crippen LogP contribution is -2.46. The first-order chi connectivity index (χ1) is 8.38. The summed E-state index contributed by atoms with van der Waals surface area (Å²) in [6.07, 6.45) is 1.21. The van der Waals surface area contributed by atoms with E-state index in [-0.39, 0.29) is 0 Å². The van der Waals surface area contributed by atoms with Crippen LogP contribution in [0.3, 0.4) is 0 Å². The fraction of sp³-hybridized carbons (Fsp3) is 0.833. The molecule has 0 unspecified atom stereocenters. The summed E-state index contributed by atoms with van der Waals surface area (Å²) in [4.78, 5) is 24.3. The van der Waals surface area contributed by atoms with Gasteiger partial charge < -0.3 is 20.6 Å². The molecule has 0 saturated heterocycles. The van der Waals surface area contributed by atoms with Crippen molar-refractivity contribution < 1.29 is 14.7 Å². The quantitative estimate of drug-likeness (QED) is 0.565. The van der Waals surface area contributed by atoms with E-state index in [1.165, 1.54) is 0 Å². The average molecular weight is 259 g/mol. The summed E-state index contributed by atoms with van der Waals surface area (Å²) in [5.74, 6) is -1.01. The van der Waals surface area contributed by atoms with Crippen LogP contribution in [0, 0.1) is 0 Å². The normalized spacial score (nSPS) is 12.6. The molecule has 0 aliphatic rings. The van der Waals surface area contributed by atoms with Crippen molar-refractivity contribution in [3.63, 3.8) is 0 Å². The lowest BCUT2D eigenvalue weighted by molar-refractivity contribution is -0.139. The highest BCUT2D eigenvalue weighted by Gasteiger charge is 2.16. The first kappa shape index (κ1) is 16.7. The number of carboxylic acids is 1. The van der Waals surface area contributed by atoms with Gasteiger partial charge in [-0.25, -0.2) is 9.59 Å². The van der Waals surface area contributed by atoms with Gasteiger partial charge in [-0.05, 0) is 40.3 Å². The molecule has 6 nitrogen and oxygen atoms in total. The van der Waals surface area contributed by atoms with Gasteiger partial charge >= 0.3 is 12.0 Å². The van der Waals surface area contributed by atoms with Crippen molar-refractivity contribution in [3.8, 4) is 0 Å². The van der Waals surface area contributed by atoms with E-state index in [0.717, 1.165) is 13.0 Å². The van der Waals surface area contributed by atoms with Crippen molar-refractivity contribution in [2.75, 3.05) is 20.1 Å². The van der Waals surface area contributed by atoms with E-state index in [1.54, 1.807) is 6.92 Å². The van der Waals surface area contributed by atoms with Crippen LogP contribution in [0.2, 0.25) is 0 Å². The van der Waals surface area contributed by atoms with Gasteiger partial charge in [0.2, 0.25) is 0 Å². The maximum Gasteiger partial charge on any atom is 0.326 e. The number of urea groups is 1. The Morgan fingerprint density at radius 1 is 1.33 bits per heavy atom. The number of hydrogen-bond acceptors (Lipinski definition) is 3. The number of carbonyl (C=O) groups is 2. The lowest BCUT2D eigenvalue weighted by Gasteiger charge is -2.20. The number of nitrogens with zero attached hydrogens (tertiary/aromatic N) is 1. The second kappa shape index (κ2) is 8.74. The predicted octanol–water partition coefficient (Wildman–Crippen LogP) is 0.879. The number of carboxylic acid groups (broad SMARTS) is 1. The molecule has 0 radical (unpaired) electrons. The van der Waals surface area contributed by atoms with Crippen LogP contribution in [0.4, 0.5) is 4.79 Å².